The van der Waals surface area contributed by atoms with Crippen LogP contribution in [0.15, 0.2) is 24.3 Å². The van der Waals surface area contributed by atoms with E-state index in [4.69, 9.17) is 15.6 Å². The van der Waals surface area contributed by atoms with E-state index in [1.807, 2.05) is 24.3 Å². The summed E-state index contributed by atoms with van der Waals surface area (Å²) in [4.78, 5) is 11.8. The quantitative estimate of drug-likeness (QED) is 0.871. The number of thiophene rings is 1. The molecule has 96 valence electrons. The van der Waals surface area contributed by atoms with E-state index < -0.39 is 5.97 Å². The van der Waals surface area contributed by atoms with Gasteiger partial charge in [-0.1, -0.05) is 6.07 Å². The number of carboxylic acid groups (broad SMARTS) is 1. The second-order valence-electron chi connectivity index (χ2n) is 4.05. The van der Waals surface area contributed by atoms with Gasteiger partial charge in [0.05, 0.1) is 13.5 Å². The maximum Gasteiger partial charge on any atom is 0.304 e. The van der Waals surface area contributed by atoms with E-state index in [1.54, 1.807) is 18.4 Å². The van der Waals surface area contributed by atoms with Gasteiger partial charge in [0.25, 0.3) is 0 Å². The molecule has 0 bridgehead atoms. The van der Waals surface area contributed by atoms with Crippen molar-refractivity contribution in [1.29, 1.82) is 0 Å². The van der Waals surface area contributed by atoms with Crippen LogP contribution in [0.4, 0.5) is 0 Å². The average molecular weight is 265 g/mol. The minimum absolute atomic E-state index is 0.0611. The molecule has 0 aliphatic carbocycles. The Morgan fingerprint density at radius 2 is 2.33 bits per heavy atom. The maximum absolute atomic E-state index is 10.8. The molecule has 0 aliphatic rings. The fourth-order valence-electron chi connectivity index (χ4n) is 1.94. The summed E-state index contributed by atoms with van der Waals surface area (Å²) < 4.78 is 6.39. The molecule has 1 heterocycles. The molecule has 2 aromatic rings. The zero-order chi connectivity index (χ0) is 13.1. The summed E-state index contributed by atoms with van der Waals surface area (Å²) in [5.41, 5.74) is 5.66. The molecular weight excluding hydrogens is 250 g/mol. The Balaban J connectivity index is 2.42. The summed E-state index contributed by atoms with van der Waals surface area (Å²) in [5.74, 6) is -0.152. The van der Waals surface area contributed by atoms with E-state index in [2.05, 4.69) is 0 Å². The molecular formula is C13H15NO3S. The second-order valence-corrected chi connectivity index (χ2v) is 5.17. The average Bonchev–Trinajstić information content (AvgIpc) is 2.78. The highest BCUT2D eigenvalue weighted by atomic mass is 32.1. The topological polar surface area (TPSA) is 72.5 Å². The molecule has 0 spiro atoms. The summed E-state index contributed by atoms with van der Waals surface area (Å²) in [7, 11) is 1.63. The van der Waals surface area contributed by atoms with Gasteiger partial charge in [0.2, 0.25) is 0 Å². The molecule has 0 saturated heterocycles. The number of nitrogens with two attached hydrogens (primary N) is 1. The third-order valence-corrected chi connectivity index (χ3v) is 4.13. The van der Waals surface area contributed by atoms with Gasteiger partial charge in [-0.15, -0.1) is 11.3 Å². The molecule has 0 radical (unpaired) electrons. The number of hydrogen-bond acceptors (Lipinski definition) is 4. The van der Waals surface area contributed by atoms with Gasteiger partial charge in [-0.2, -0.15) is 0 Å². The molecule has 0 fully saturated rings. The predicted molar refractivity (Wildman–Crippen MR) is 72.4 cm³/mol. The Labute approximate surface area is 109 Å². The summed E-state index contributed by atoms with van der Waals surface area (Å²) in [5, 5.41) is 9.89. The molecule has 5 heteroatoms. The van der Waals surface area contributed by atoms with Gasteiger partial charge in [0.15, 0.2) is 0 Å². The summed E-state index contributed by atoms with van der Waals surface area (Å²) in [6, 6.07) is 7.81. The predicted octanol–water partition coefficient (Wildman–Crippen LogP) is 2.43. The first-order valence-corrected chi connectivity index (χ1v) is 6.45. The number of methoxy groups -OCH3 is 1. The molecule has 1 aromatic heterocycles. The van der Waals surface area contributed by atoms with E-state index in [0.717, 1.165) is 20.7 Å². The lowest BCUT2D eigenvalue weighted by Gasteiger charge is -2.08. The largest absolute Gasteiger partial charge is 0.496 e. The van der Waals surface area contributed by atoms with Crippen molar-refractivity contribution in [2.24, 2.45) is 5.73 Å². The minimum Gasteiger partial charge on any atom is -0.496 e. The van der Waals surface area contributed by atoms with E-state index >= 15 is 0 Å². The highest BCUT2D eigenvalue weighted by Crippen LogP contribution is 2.36. The Bertz CT molecular complexity index is 564. The van der Waals surface area contributed by atoms with Crippen LogP contribution < -0.4 is 10.5 Å². The van der Waals surface area contributed by atoms with Crippen molar-refractivity contribution in [2.45, 2.75) is 12.3 Å². The van der Waals surface area contributed by atoms with E-state index in [-0.39, 0.29) is 12.3 Å². The van der Waals surface area contributed by atoms with Gasteiger partial charge in [-0.05, 0) is 18.2 Å². The van der Waals surface area contributed by atoms with E-state index in [9.17, 15) is 4.79 Å². The van der Waals surface area contributed by atoms with Crippen molar-refractivity contribution in [1.82, 2.24) is 0 Å². The molecule has 0 saturated carbocycles. The van der Waals surface area contributed by atoms with Gasteiger partial charge in [0, 0.05) is 27.4 Å². The number of fused-ring (bicyclic) bond motifs is 1. The molecule has 0 aliphatic heterocycles. The van der Waals surface area contributed by atoms with Gasteiger partial charge in [-0.25, -0.2) is 0 Å². The number of carboxylic acids is 1. The molecule has 4 nitrogen and oxygen atoms in total. The normalized spacial score (nSPS) is 12.6. The highest BCUT2D eigenvalue weighted by Gasteiger charge is 2.17. The van der Waals surface area contributed by atoms with Crippen LogP contribution in [-0.4, -0.2) is 24.7 Å². The molecule has 3 N–H and O–H groups in total. The van der Waals surface area contributed by atoms with Gasteiger partial charge >= 0.3 is 5.97 Å². The third kappa shape index (κ3) is 2.47. The first kappa shape index (κ1) is 12.9. The summed E-state index contributed by atoms with van der Waals surface area (Å²) in [6.45, 7) is 0.335. The Hall–Kier alpha value is -1.59. The Morgan fingerprint density at radius 1 is 1.56 bits per heavy atom. The first-order valence-electron chi connectivity index (χ1n) is 5.64. The lowest BCUT2D eigenvalue weighted by atomic mass is 10.0. The SMILES string of the molecule is COc1cccc2sc(C(CN)CC(=O)O)cc12. The van der Waals surface area contributed by atoms with Crippen LogP contribution in [0.2, 0.25) is 0 Å². The van der Waals surface area contributed by atoms with Crippen LogP contribution in [0, 0.1) is 0 Å². The van der Waals surface area contributed by atoms with Crippen molar-refractivity contribution in [3.8, 4) is 5.75 Å². The van der Waals surface area contributed by atoms with Crippen molar-refractivity contribution >= 4 is 27.4 Å². The van der Waals surface area contributed by atoms with Crippen LogP contribution in [-0.2, 0) is 4.79 Å². The van der Waals surface area contributed by atoms with Crippen LogP contribution in [0.5, 0.6) is 5.75 Å². The van der Waals surface area contributed by atoms with Crippen molar-refractivity contribution in [3.63, 3.8) is 0 Å². The Morgan fingerprint density at radius 3 is 2.94 bits per heavy atom. The van der Waals surface area contributed by atoms with Gasteiger partial charge < -0.3 is 15.6 Å². The molecule has 2 rings (SSSR count). The van der Waals surface area contributed by atoms with Crippen molar-refractivity contribution < 1.29 is 14.6 Å². The molecule has 1 unspecified atom stereocenters. The number of rotatable bonds is 5. The van der Waals surface area contributed by atoms with Crippen LogP contribution in [0.25, 0.3) is 10.1 Å². The third-order valence-electron chi connectivity index (χ3n) is 2.87. The summed E-state index contributed by atoms with van der Waals surface area (Å²) in [6.07, 6.45) is 0.0611. The van der Waals surface area contributed by atoms with E-state index in [1.165, 1.54) is 0 Å². The number of hydrogen-bond donors (Lipinski definition) is 2. The smallest absolute Gasteiger partial charge is 0.304 e. The lowest BCUT2D eigenvalue weighted by Crippen LogP contribution is -2.15. The molecule has 0 amide bonds. The molecule has 1 atom stereocenters. The fraction of sp³-hybridized carbons (Fsp3) is 0.308. The number of carbonyl (C=O) groups is 1. The first-order chi connectivity index (χ1) is 8.65. The second kappa shape index (κ2) is 5.37. The standard InChI is InChI=1S/C13H15NO3S/c1-17-10-3-2-4-11-9(10)6-12(18-11)8(7-14)5-13(15)16/h2-4,6,8H,5,7,14H2,1H3,(H,15,16). The zero-order valence-corrected chi connectivity index (χ0v) is 10.9. The maximum atomic E-state index is 10.8. The van der Waals surface area contributed by atoms with E-state index in [0.29, 0.717) is 6.54 Å². The molecule has 18 heavy (non-hydrogen) atoms. The number of aliphatic carboxylic acids is 1. The summed E-state index contributed by atoms with van der Waals surface area (Å²) >= 11 is 1.58. The van der Waals surface area contributed by atoms with Crippen molar-refractivity contribution in [2.75, 3.05) is 13.7 Å². The minimum atomic E-state index is -0.824. The van der Waals surface area contributed by atoms with Gasteiger partial charge in [0.1, 0.15) is 5.75 Å². The fourth-order valence-corrected chi connectivity index (χ4v) is 3.14. The highest BCUT2D eigenvalue weighted by molar-refractivity contribution is 7.19. The van der Waals surface area contributed by atoms with Crippen LogP contribution >= 0.6 is 11.3 Å². The zero-order valence-electron chi connectivity index (χ0n) is 10.1. The monoisotopic (exact) mass is 265 g/mol. The van der Waals surface area contributed by atoms with Gasteiger partial charge in [-0.3, -0.25) is 4.79 Å². The Kier molecular flexibility index (Phi) is 3.84. The molecule has 1 aromatic carbocycles. The number of ether oxygens (including phenoxy) is 1. The number of benzene rings is 1. The van der Waals surface area contributed by atoms with Crippen LogP contribution in [0.3, 0.4) is 0 Å². The lowest BCUT2D eigenvalue weighted by molar-refractivity contribution is -0.137. The van der Waals surface area contributed by atoms with Crippen molar-refractivity contribution in [3.05, 3.63) is 29.1 Å². The van der Waals surface area contributed by atoms with Crippen LogP contribution in [0.1, 0.15) is 17.2 Å².